The third-order valence-electron chi connectivity index (χ3n) is 4.75. The Morgan fingerprint density at radius 3 is 2.52 bits per heavy atom. The third-order valence-corrected chi connectivity index (χ3v) is 4.75. The van der Waals surface area contributed by atoms with Crippen molar-refractivity contribution in [3.05, 3.63) is 0 Å². The molecule has 21 heavy (non-hydrogen) atoms. The van der Waals surface area contributed by atoms with Crippen LogP contribution in [0.5, 0.6) is 0 Å². The molecule has 1 heterocycles. The molecule has 1 aliphatic carbocycles. The fourth-order valence-electron chi connectivity index (χ4n) is 3.37. The van der Waals surface area contributed by atoms with E-state index in [1.165, 1.54) is 19.3 Å². The molecule has 1 atom stereocenters. The minimum Gasteiger partial charge on any atom is -0.395 e. The van der Waals surface area contributed by atoms with Crippen molar-refractivity contribution in [2.24, 2.45) is 5.92 Å². The van der Waals surface area contributed by atoms with Gasteiger partial charge in [-0.25, -0.2) is 4.79 Å². The Balaban J connectivity index is 1.63. The van der Waals surface area contributed by atoms with Gasteiger partial charge in [0.05, 0.1) is 19.3 Å². The van der Waals surface area contributed by atoms with Crippen LogP contribution in [0.3, 0.4) is 0 Å². The SMILES string of the molecule is O=C(NC[C@@H]1CCN(C(CO)CO)C1)NC1CCCCC1. The Labute approximate surface area is 126 Å². The van der Waals surface area contributed by atoms with Crippen LogP contribution in [-0.2, 0) is 0 Å². The summed E-state index contributed by atoms with van der Waals surface area (Å²) in [6.45, 7) is 2.34. The third kappa shape index (κ3) is 5.13. The van der Waals surface area contributed by atoms with E-state index in [4.69, 9.17) is 0 Å². The van der Waals surface area contributed by atoms with Crippen LogP contribution < -0.4 is 10.6 Å². The molecule has 2 rings (SSSR count). The number of rotatable bonds is 6. The van der Waals surface area contributed by atoms with Crippen LogP contribution in [-0.4, -0.2) is 66.1 Å². The highest BCUT2D eigenvalue weighted by atomic mass is 16.3. The summed E-state index contributed by atoms with van der Waals surface area (Å²) in [5, 5.41) is 24.4. The standard InChI is InChI=1S/C15H29N3O3/c19-10-14(11-20)18-7-6-12(9-18)8-16-15(21)17-13-4-2-1-3-5-13/h12-14,19-20H,1-11H2,(H2,16,17,21)/t12-/m0/s1. The van der Waals surface area contributed by atoms with E-state index in [-0.39, 0.29) is 25.3 Å². The molecular formula is C15H29N3O3. The summed E-state index contributed by atoms with van der Waals surface area (Å²) in [6, 6.07) is 0.124. The Morgan fingerprint density at radius 1 is 1.14 bits per heavy atom. The lowest BCUT2D eigenvalue weighted by Crippen LogP contribution is -2.45. The second kappa shape index (κ2) is 8.56. The number of hydrogen-bond acceptors (Lipinski definition) is 4. The maximum atomic E-state index is 11.9. The Bertz CT molecular complexity index is 317. The molecule has 0 unspecified atom stereocenters. The molecule has 122 valence electrons. The molecule has 0 radical (unpaired) electrons. The van der Waals surface area contributed by atoms with Gasteiger partial charge in [-0.05, 0) is 31.7 Å². The van der Waals surface area contributed by atoms with Crippen molar-refractivity contribution in [1.29, 1.82) is 0 Å². The average Bonchev–Trinajstić information content (AvgIpc) is 2.96. The topological polar surface area (TPSA) is 84.8 Å². The van der Waals surface area contributed by atoms with Crippen LogP contribution in [0, 0.1) is 5.92 Å². The number of nitrogens with one attached hydrogen (secondary N) is 2. The first-order valence-corrected chi connectivity index (χ1v) is 8.23. The molecule has 6 heteroatoms. The maximum Gasteiger partial charge on any atom is 0.315 e. The smallest absolute Gasteiger partial charge is 0.315 e. The highest BCUT2D eigenvalue weighted by Crippen LogP contribution is 2.18. The Hall–Kier alpha value is -0.850. The van der Waals surface area contributed by atoms with E-state index in [0.717, 1.165) is 32.4 Å². The van der Waals surface area contributed by atoms with Crippen molar-refractivity contribution in [2.45, 2.75) is 50.6 Å². The molecule has 0 aromatic carbocycles. The van der Waals surface area contributed by atoms with Crippen molar-refractivity contribution < 1.29 is 15.0 Å². The average molecular weight is 299 g/mol. The summed E-state index contributed by atoms with van der Waals surface area (Å²) in [5.74, 6) is 0.405. The van der Waals surface area contributed by atoms with Gasteiger partial charge in [-0.1, -0.05) is 19.3 Å². The van der Waals surface area contributed by atoms with E-state index in [2.05, 4.69) is 15.5 Å². The first kappa shape index (κ1) is 16.5. The van der Waals surface area contributed by atoms with Crippen molar-refractivity contribution >= 4 is 6.03 Å². The predicted octanol–water partition coefficient (Wildman–Crippen LogP) is 0.293. The molecular weight excluding hydrogens is 270 g/mol. The van der Waals surface area contributed by atoms with Crippen LogP contribution in [0.15, 0.2) is 0 Å². The number of urea groups is 1. The highest BCUT2D eigenvalue weighted by molar-refractivity contribution is 5.74. The fraction of sp³-hybridized carbons (Fsp3) is 0.933. The van der Waals surface area contributed by atoms with Gasteiger partial charge in [0.15, 0.2) is 0 Å². The zero-order valence-electron chi connectivity index (χ0n) is 12.8. The number of nitrogens with zero attached hydrogens (tertiary/aromatic N) is 1. The highest BCUT2D eigenvalue weighted by Gasteiger charge is 2.27. The molecule has 1 saturated carbocycles. The summed E-state index contributed by atoms with van der Waals surface area (Å²) < 4.78 is 0. The largest absolute Gasteiger partial charge is 0.395 e. The van der Waals surface area contributed by atoms with E-state index in [1.54, 1.807) is 0 Å². The van der Waals surface area contributed by atoms with Gasteiger partial charge in [-0.2, -0.15) is 0 Å². The van der Waals surface area contributed by atoms with Crippen molar-refractivity contribution in [3.63, 3.8) is 0 Å². The monoisotopic (exact) mass is 299 g/mol. The summed E-state index contributed by atoms with van der Waals surface area (Å²) >= 11 is 0. The molecule has 0 aromatic heterocycles. The summed E-state index contributed by atoms with van der Waals surface area (Å²) in [6.07, 6.45) is 6.91. The van der Waals surface area contributed by atoms with Gasteiger partial charge in [0.2, 0.25) is 0 Å². The molecule has 4 N–H and O–H groups in total. The zero-order valence-corrected chi connectivity index (χ0v) is 12.8. The van der Waals surface area contributed by atoms with Gasteiger partial charge in [-0.3, -0.25) is 4.90 Å². The van der Waals surface area contributed by atoms with Gasteiger partial charge < -0.3 is 20.8 Å². The number of likely N-dealkylation sites (tertiary alicyclic amines) is 1. The Kier molecular flexibility index (Phi) is 6.73. The lowest BCUT2D eigenvalue weighted by Gasteiger charge is -2.25. The second-order valence-corrected chi connectivity index (χ2v) is 6.36. The predicted molar refractivity (Wildman–Crippen MR) is 81.0 cm³/mol. The zero-order chi connectivity index (χ0) is 15.1. The van der Waals surface area contributed by atoms with E-state index < -0.39 is 0 Å². The summed E-state index contributed by atoms with van der Waals surface area (Å²) in [5.41, 5.74) is 0. The number of carbonyl (C=O) groups excluding carboxylic acids is 1. The Morgan fingerprint density at radius 2 is 1.86 bits per heavy atom. The van der Waals surface area contributed by atoms with Gasteiger partial charge in [0.1, 0.15) is 0 Å². The van der Waals surface area contributed by atoms with Crippen LogP contribution in [0.2, 0.25) is 0 Å². The molecule has 0 aromatic rings. The molecule has 2 aliphatic rings. The molecule has 0 spiro atoms. The van der Waals surface area contributed by atoms with Gasteiger partial charge in [0.25, 0.3) is 0 Å². The minimum atomic E-state index is -0.161. The van der Waals surface area contributed by atoms with E-state index >= 15 is 0 Å². The van der Waals surface area contributed by atoms with Crippen LogP contribution in [0.1, 0.15) is 38.5 Å². The number of carbonyl (C=O) groups is 1. The van der Waals surface area contributed by atoms with Crippen molar-refractivity contribution in [3.8, 4) is 0 Å². The number of aliphatic hydroxyl groups excluding tert-OH is 2. The molecule has 6 nitrogen and oxygen atoms in total. The van der Waals surface area contributed by atoms with Gasteiger partial charge in [0, 0.05) is 19.1 Å². The summed E-state index contributed by atoms with van der Waals surface area (Å²) in [7, 11) is 0. The van der Waals surface area contributed by atoms with Gasteiger partial charge in [-0.15, -0.1) is 0 Å². The van der Waals surface area contributed by atoms with E-state index in [0.29, 0.717) is 18.5 Å². The van der Waals surface area contributed by atoms with Crippen LogP contribution >= 0.6 is 0 Å². The van der Waals surface area contributed by atoms with Crippen LogP contribution in [0.4, 0.5) is 4.79 Å². The molecule has 2 fully saturated rings. The fourth-order valence-corrected chi connectivity index (χ4v) is 3.37. The lowest BCUT2D eigenvalue weighted by atomic mass is 9.96. The minimum absolute atomic E-state index is 0.0151. The quantitative estimate of drug-likeness (QED) is 0.568. The number of amides is 2. The number of hydrogen-bond donors (Lipinski definition) is 4. The van der Waals surface area contributed by atoms with Crippen molar-refractivity contribution in [2.75, 3.05) is 32.8 Å². The number of aliphatic hydroxyl groups is 2. The first-order chi connectivity index (χ1) is 10.2. The molecule has 0 bridgehead atoms. The second-order valence-electron chi connectivity index (χ2n) is 6.36. The first-order valence-electron chi connectivity index (χ1n) is 8.23. The van der Waals surface area contributed by atoms with E-state index in [9.17, 15) is 15.0 Å². The molecule has 1 aliphatic heterocycles. The normalized spacial score (nSPS) is 24.4. The maximum absolute atomic E-state index is 11.9. The molecule has 1 saturated heterocycles. The summed E-state index contributed by atoms with van der Waals surface area (Å²) in [4.78, 5) is 14.0. The van der Waals surface area contributed by atoms with Crippen molar-refractivity contribution in [1.82, 2.24) is 15.5 Å². The van der Waals surface area contributed by atoms with E-state index in [1.807, 2.05) is 0 Å². The molecule has 2 amide bonds. The van der Waals surface area contributed by atoms with Gasteiger partial charge >= 0.3 is 6.03 Å². The van der Waals surface area contributed by atoms with Crippen LogP contribution in [0.25, 0.3) is 0 Å². The lowest BCUT2D eigenvalue weighted by molar-refractivity contribution is 0.0880.